The van der Waals surface area contributed by atoms with Gasteiger partial charge in [-0.15, -0.1) is 0 Å². The summed E-state index contributed by atoms with van der Waals surface area (Å²) < 4.78 is 2.07. The van der Waals surface area contributed by atoms with Gasteiger partial charge in [0.25, 0.3) is 0 Å². The highest BCUT2D eigenvalue weighted by Crippen LogP contribution is 2.39. The van der Waals surface area contributed by atoms with Crippen LogP contribution in [0.4, 0.5) is 5.82 Å². The number of aromatic nitrogens is 4. The van der Waals surface area contributed by atoms with Crippen LogP contribution in [0.15, 0.2) is 79.0 Å². The minimum Gasteiger partial charge on any atom is -0.383 e. The Labute approximate surface area is 216 Å². The van der Waals surface area contributed by atoms with E-state index in [1.165, 1.54) is 17.5 Å². The normalized spacial score (nSPS) is 14.7. The molecular weight excluding hydrogens is 458 g/mol. The second-order valence-electron chi connectivity index (χ2n) is 10.2. The smallest absolute Gasteiger partial charge is 0.165 e. The van der Waals surface area contributed by atoms with E-state index in [1.54, 1.807) is 6.20 Å². The summed E-state index contributed by atoms with van der Waals surface area (Å²) in [6.45, 7) is 0.868. The molecule has 0 saturated heterocycles. The molecule has 3 heterocycles. The average molecular weight is 490 g/mol. The van der Waals surface area contributed by atoms with Crippen LogP contribution in [0.1, 0.15) is 30.4 Å². The fourth-order valence-electron chi connectivity index (χ4n) is 5.13. The van der Waals surface area contributed by atoms with E-state index in [-0.39, 0.29) is 5.54 Å². The molecule has 7 heteroatoms. The second-order valence-corrected chi connectivity index (χ2v) is 10.2. The van der Waals surface area contributed by atoms with Gasteiger partial charge >= 0.3 is 0 Å². The van der Waals surface area contributed by atoms with E-state index in [0.717, 1.165) is 53.1 Å². The summed E-state index contributed by atoms with van der Waals surface area (Å²) in [7, 11) is 4.15. The fourth-order valence-corrected chi connectivity index (χ4v) is 5.13. The molecule has 0 bridgehead atoms. The first-order chi connectivity index (χ1) is 17.9. The van der Waals surface area contributed by atoms with Crippen LogP contribution in [0, 0.1) is 0 Å². The largest absolute Gasteiger partial charge is 0.383 e. The van der Waals surface area contributed by atoms with Crippen LogP contribution < -0.4 is 11.5 Å². The van der Waals surface area contributed by atoms with Gasteiger partial charge in [-0.1, -0.05) is 30.3 Å². The van der Waals surface area contributed by atoms with Crippen LogP contribution in [0.5, 0.6) is 0 Å². The highest BCUT2D eigenvalue weighted by atomic mass is 15.1. The molecule has 5 aromatic rings. The zero-order valence-electron chi connectivity index (χ0n) is 21.2. The molecule has 1 fully saturated rings. The molecule has 2 aromatic carbocycles. The molecule has 6 rings (SSSR count). The summed E-state index contributed by atoms with van der Waals surface area (Å²) in [4.78, 5) is 16.5. The van der Waals surface area contributed by atoms with Gasteiger partial charge in [0.1, 0.15) is 11.3 Å². The number of nitrogens with zero attached hydrogens (tertiary/aromatic N) is 5. The number of hydrogen-bond donors (Lipinski definition) is 2. The maximum atomic E-state index is 6.59. The van der Waals surface area contributed by atoms with Gasteiger partial charge in [0.05, 0.1) is 11.3 Å². The molecule has 37 heavy (non-hydrogen) atoms. The number of imidazole rings is 1. The summed E-state index contributed by atoms with van der Waals surface area (Å²) in [5.41, 5.74) is 20.3. The van der Waals surface area contributed by atoms with E-state index in [0.29, 0.717) is 11.6 Å². The molecule has 1 saturated carbocycles. The summed E-state index contributed by atoms with van der Waals surface area (Å²) in [5, 5.41) is 0. The number of nitrogens with two attached hydrogens (primary N) is 2. The standard InChI is InChI=1S/C30H31N7/c1-36(2)19-20-6-3-7-21(18-20)25-13-14-26-29(34-25)37(28(35-26)24-8-4-17-33-27(24)31)23-11-9-22(10-12-23)30(32)15-5-16-30/h3-4,6-14,17-18H,5,15-16,19,32H2,1-2H3,(H2,31,33). The summed E-state index contributed by atoms with van der Waals surface area (Å²) >= 11 is 0. The molecule has 0 atom stereocenters. The van der Waals surface area contributed by atoms with Crippen LogP contribution in [-0.4, -0.2) is 38.5 Å². The van der Waals surface area contributed by atoms with Crippen molar-refractivity contribution in [2.24, 2.45) is 5.73 Å². The van der Waals surface area contributed by atoms with Crippen molar-refractivity contribution in [1.29, 1.82) is 0 Å². The Bertz CT molecular complexity index is 1580. The van der Waals surface area contributed by atoms with Gasteiger partial charge in [0.2, 0.25) is 0 Å². The van der Waals surface area contributed by atoms with E-state index >= 15 is 0 Å². The first kappa shape index (κ1) is 23.3. The van der Waals surface area contributed by atoms with E-state index in [2.05, 4.69) is 77.1 Å². The molecule has 3 aromatic heterocycles. The number of anilines is 1. The lowest BCUT2D eigenvalue weighted by molar-refractivity contribution is 0.253. The molecule has 1 aliphatic rings. The van der Waals surface area contributed by atoms with Crippen molar-refractivity contribution in [2.75, 3.05) is 19.8 Å². The highest BCUT2D eigenvalue weighted by molar-refractivity contribution is 5.84. The van der Waals surface area contributed by atoms with Gasteiger partial charge in [0.15, 0.2) is 11.5 Å². The molecule has 186 valence electrons. The van der Waals surface area contributed by atoms with Crippen molar-refractivity contribution in [3.8, 4) is 28.3 Å². The van der Waals surface area contributed by atoms with Crippen LogP contribution >= 0.6 is 0 Å². The molecule has 0 amide bonds. The molecule has 0 unspecified atom stereocenters. The topological polar surface area (TPSA) is 98.9 Å². The second kappa shape index (κ2) is 9.10. The molecule has 0 aliphatic heterocycles. The van der Waals surface area contributed by atoms with Crippen molar-refractivity contribution >= 4 is 17.0 Å². The van der Waals surface area contributed by atoms with Gasteiger partial charge in [-0.3, -0.25) is 4.57 Å². The monoisotopic (exact) mass is 489 g/mol. The van der Waals surface area contributed by atoms with E-state index < -0.39 is 0 Å². The lowest BCUT2D eigenvalue weighted by atomic mass is 9.73. The quantitative estimate of drug-likeness (QED) is 0.343. The highest BCUT2D eigenvalue weighted by Gasteiger charge is 2.34. The van der Waals surface area contributed by atoms with Crippen LogP contribution in [-0.2, 0) is 12.1 Å². The Morgan fingerprint density at radius 2 is 1.76 bits per heavy atom. The first-order valence-corrected chi connectivity index (χ1v) is 12.7. The van der Waals surface area contributed by atoms with Crippen molar-refractivity contribution < 1.29 is 0 Å². The van der Waals surface area contributed by atoms with E-state index in [1.807, 2.05) is 24.3 Å². The van der Waals surface area contributed by atoms with E-state index in [9.17, 15) is 0 Å². The Morgan fingerprint density at radius 1 is 0.946 bits per heavy atom. The van der Waals surface area contributed by atoms with Crippen LogP contribution in [0.25, 0.3) is 39.5 Å². The minimum absolute atomic E-state index is 0.213. The molecule has 1 aliphatic carbocycles. The SMILES string of the molecule is CN(C)Cc1cccc(-c2ccc3nc(-c4cccnc4N)n(-c4ccc(C5(N)CCC5)cc4)c3n2)c1. The third kappa shape index (κ3) is 4.26. The predicted octanol–water partition coefficient (Wildman–Crippen LogP) is 5.13. The number of fused-ring (bicyclic) bond motifs is 1. The van der Waals surface area contributed by atoms with Gasteiger partial charge in [-0.2, -0.15) is 0 Å². The summed E-state index contributed by atoms with van der Waals surface area (Å²) in [5.74, 6) is 1.15. The van der Waals surface area contributed by atoms with Crippen molar-refractivity contribution in [3.05, 3.63) is 90.1 Å². The molecule has 0 radical (unpaired) electrons. The van der Waals surface area contributed by atoms with Gasteiger partial charge < -0.3 is 16.4 Å². The van der Waals surface area contributed by atoms with E-state index in [4.69, 9.17) is 21.4 Å². The fraction of sp³-hybridized carbons (Fsp3) is 0.233. The number of rotatable bonds is 6. The number of nitrogen functional groups attached to an aromatic ring is 1. The molecule has 7 nitrogen and oxygen atoms in total. The predicted molar refractivity (Wildman–Crippen MR) is 149 cm³/mol. The first-order valence-electron chi connectivity index (χ1n) is 12.7. The third-order valence-corrected chi connectivity index (χ3v) is 7.25. The Kier molecular flexibility index (Phi) is 5.74. The Morgan fingerprint density at radius 3 is 2.46 bits per heavy atom. The number of benzene rings is 2. The third-order valence-electron chi connectivity index (χ3n) is 7.25. The Hall–Kier alpha value is -4.07. The molecular formula is C30H31N7. The number of pyridine rings is 2. The maximum absolute atomic E-state index is 6.59. The zero-order chi connectivity index (χ0) is 25.6. The lowest BCUT2D eigenvalue weighted by Gasteiger charge is -2.38. The van der Waals surface area contributed by atoms with Crippen LogP contribution in [0.3, 0.4) is 0 Å². The van der Waals surface area contributed by atoms with Crippen molar-refractivity contribution in [3.63, 3.8) is 0 Å². The van der Waals surface area contributed by atoms with Gasteiger partial charge in [-0.05, 0) is 86.9 Å². The lowest BCUT2D eigenvalue weighted by Crippen LogP contribution is -2.43. The average Bonchev–Trinajstić information content (AvgIpc) is 3.26. The number of hydrogen-bond acceptors (Lipinski definition) is 6. The minimum atomic E-state index is -0.213. The molecule has 0 spiro atoms. The van der Waals surface area contributed by atoms with Gasteiger partial charge in [-0.25, -0.2) is 15.0 Å². The Balaban J connectivity index is 1.52. The van der Waals surface area contributed by atoms with Gasteiger partial charge in [0, 0.05) is 29.5 Å². The summed E-state index contributed by atoms with van der Waals surface area (Å²) in [6.07, 6.45) is 4.92. The molecule has 4 N–H and O–H groups in total. The van der Waals surface area contributed by atoms with Crippen molar-refractivity contribution in [1.82, 2.24) is 24.4 Å². The van der Waals surface area contributed by atoms with Crippen molar-refractivity contribution in [2.45, 2.75) is 31.3 Å². The maximum Gasteiger partial charge on any atom is 0.165 e. The zero-order valence-corrected chi connectivity index (χ0v) is 21.2. The van der Waals surface area contributed by atoms with Crippen LogP contribution in [0.2, 0.25) is 0 Å². The summed E-state index contributed by atoms with van der Waals surface area (Å²) in [6, 6.07) is 24.9.